The van der Waals surface area contributed by atoms with Crippen LogP contribution in [-0.2, 0) is 25.7 Å². The Morgan fingerprint density at radius 1 is 0.656 bits per heavy atom. The van der Waals surface area contributed by atoms with E-state index < -0.39 is 0 Å². The van der Waals surface area contributed by atoms with E-state index in [4.69, 9.17) is 0 Å². The van der Waals surface area contributed by atoms with Crippen molar-refractivity contribution in [3.63, 3.8) is 0 Å². The molecular weight excluding hydrogens is 442 g/mol. The van der Waals surface area contributed by atoms with Gasteiger partial charge in [0.25, 0.3) is 11.8 Å². The minimum Gasteiger partial charge on any atom is -0.296 e. The van der Waals surface area contributed by atoms with E-state index in [9.17, 15) is 9.59 Å². The summed E-state index contributed by atoms with van der Waals surface area (Å²) in [6, 6.07) is 4.89. The first-order chi connectivity index (χ1) is 15.7. The van der Waals surface area contributed by atoms with Crippen molar-refractivity contribution >= 4 is 44.8 Å². The Kier molecular flexibility index (Phi) is 6.27. The second-order valence-electron chi connectivity index (χ2n) is 8.22. The van der Waals surface area contributed by atoms with Crippen LogP contribution in [0.2, 0.25) is 0 Å². The molecule has 0 atom stereocenters. The predicted molar refractivity (Wildman–Crippen MR) is 127 cm³/mol. The van der Waals surface area contributed by atoms with Crippen LogP contribution in [0.25, 0.3) is 0 Å². The molecular formula is C23H25N5O2S2. The molecule has 3 aromatic heterocycles. The Labute approximate surface area is 194 Å². The predicted octanol–water partition coefficient (Wildman–Crippen LogP) is 5.04. The molecule has 0 saturated heterocycles. The normalized spacial score (nSPS) is 15.8. The Bertz CT molecular complexity index is 1020. The van der Waals surface area contributed by atoms with Gasteiger partial charge in [0.05, 0.1) is 11.4 Å². The van der Waals surface area contributed by atoms with Crippen molar-refractivity contribution in [1.82, 2.24) is 15.0 Å². The van der Waals surface area contributed by atoms with Crippen LogP contribution in [0.3, 0.4) is 0 Å². The molecule has 0 radical (unpaired) electrons. The number of nitrogens with one attached hydrogen (secondary N) is 2. The highest BCUT2D eigenvalue weighted by Gasteiger charge is 2.19. The maximum atomic E-state index is 12.7. The summed E-state index contributed by atoms with van der Waals surface area (Å²) in [6.45, 7) is 0. The molecule has 166 valence electrons. The summed E-state index contributed by atoms with van der Waals surface area (Å²) in [5.41, 5.74) is 2.59. The monoisotopic (exact) mass is 467 g/mol. The Morgan fingerprint density at radius 2 is 1.12 bits per heavy atom. The number of rotatable bonds is 4. The number of aryl methyl sites for hydroxylation is 4. The highest BCUT2D eigenvalue weighted by atomic mass is 32.1. The standard InChI is InChI=1S/C23H25N5O2S2/c29-20(27-22-25-14-8-3-1-5-12-18(14)31-22)16-10-7-11-17(24-16)21(30)28-23-26-15-9-4-2-6-13-19(15)32-23/h7,10-11H,1-6,8-9,12-13H2,(H,25,27,29)(H,26,28,30). The number of fused-ring (bicyclic) bond motifs is 2. The van der Waals surface area contributed by atoms with Crippen LogP contribution in [0.5, 0.6) is 0 Å². The molecule has 3 aromatic rings. The Balaban J connectivity index is 1.26. The zero-order valence-electron chi connectivity index (χ0n) is 17.8. The van der Waals surface area contributed by atoms with Crippen LogP contribution in [0.4, 0.5) is 10.3 Å². The number of carbonyl (C=O) groups is 2. The van der Waals surface area contributed by atoms with E-state index in [2.05, 4.69) is 25.6 Å². The first-order valence-corrected chi connectivity index (χ1v) is 12.9. The fourth-order valence-electron chi connectivity index (χ4n) is 4.17. The lowest BCUT2D eigenvalue weighted by Crippen LogP contribution is -2.18. The van der Waals surface area contributed by atoms with Crippen molar-refractivity contribution in [1.29, 1.82) is 0 Å². The summed E-state index contributed by atoms with van der Waals surface area (Å²) in [4.78, 5) is 41.5. The highest BCUT2D eigenvalue weighted by molar-refractivity contribution is 7.16. The molecule has 0 bridgehead atoms. The lowest BCUT2D eigenvalue weighted by Gasteiger charge is -2.05. The van der Waals surface area contributed by atoms with Gasteiger partial charge in [0.15, 0.2) is 10.3 Å². The van der Waals surface area contributed by atoms with Crippen molar-refractivity contribution in [2.45, 2.75) is 64.2 Å². The van der Waals surface area contributed by atoms with Crippen LogP contribution in [0.15, 0.2) is 18.2 Å². The quantitative estimate of drug-likeness (QED) is 0.524. The second-order valence-corrected chi connectivity index (χ2v) is 10.4. The van der Waals surface area contributed by atoms with Crippen LogP contribution in [-0.4, -0.2) is 26.8 Å². The summed E-state index contributed by atoms with van der Waals surface area (Å²) in [5.74, 6) is -0.714. The van der Waals surface area contributed by atoms with Crippen molar-refractivity contribution in [3.8, 4) is 0 Å². The average molecular weight is 468 g/mol. The highest BCUT2D eigenvalue weighted by Crippen LogP contribution is 2.30. The maximum absolute atomic E-state index is 12.7. The van der Waals surface area contributed by atoms with Crippen LogP contribution in [0, 0.1) is 0 Å². The molecule has 32 heavy (non-hydrogen) atoms. The molecule has 0 saturated carbocycles. The molecule has 2 amide bonds. The van der Waals surface area contributed by atoms with Gasteiger partial charge < -0.3 is 0 Å². The molecule has 9 heteroatoms. The number of hydrogen-bond acceptors (Lipinski definition) is 7. The van der Waals surface area contributed by atoms with Crippen LogP contribution in [0.1, 0.15) is 80.6 Å². The van der Waals surface area contributed by atoms with E-state index in [1.54, 1.807) is 40.9 Å². The van der Waals surface area contributed by atoms with E-state index in [1.165, 1.54) is 35.4 Å². The molecule has 7 nitrogen and oxygen atoms in total. The minimum atomic E-state index is -0.357. The number of pyridine rings is 1. The molecule has 0 spiro atoms. The molecule has 0 aromatic carbocycles. The van der Waals surface area contributed by atoms with Crippen LogP contribution < -0.4 is 10.6 Å². The summed E-state index contributed by atoms with van der Waals surface area (Å²) < 4.78 is 0. The van der Waals surface area contributed by atoms with Gasteiger partial charge in [-0.25, -0.2) is 15.0 Å². The van der Waals surface area contributed by atoms with Crippen molar-refractivity contribution in [2.24, 2.45) is 0 Å². The Morgan fingerprint density at radius 3 is 1.62 bits per heavy atom. The van der Waals surface area contributed by atoms with E-state index in [0.29, 0.717) is 10.3 Å². The SMILES string of the molecule is O=C(Nc1nc2c(s1)CCCCC2)c1cccc(C(=O)Nc2nc3c(s2)CCCCC3)n1. The molecule has 0 aliphatic heterocycles. The number of aromatic nitrogens is 3. The van der Waals surface area contributed by atoms with Gasteiger partial charge in [0.2, 0.25) is 0 Å². The molecule has 0 fully saturated rings. The summed E-state index contributed by atoms with van der Waals surface area (Å²) >= 11 is 3.08. The van der Waals surface area contributed by atoms with Gasteiger partial charge in [-0.05, 0) is 63.5 Å². The smallest absolute Gasteiger partial charge is 0.276 e. The summed E-state index contributed by atoms with van der Waals surface area (Å²) in [7, 11) is 0. The fourth-order valence-corrected chi connectivity index (χ4v) is 6.26. The van der Waals surface area contributed by atoms with Gasteiger partial charge >= 0.3 is 0 Å². The van der Waals surface area contributed by atoms with E-state index in [1.807, 2.05) is 0 Å². The van der Waals surface area contributed by atoms with Gasteiger partial charge in [0.1, 0.15) is 11.4 Å². The lowest BCUT2D eigenvalue weighted by atomic mass is 10.2. The molecule has 5 rings (SSSR count). The van der Waals surface area contributed by atoms with Crippen molar-refractivity contribution < 1.29 is 9.59 Å². The summed E-state index contributed by atoms with van der Waals surface area (Å²) in [5, 5.41) is 6.91. The minimum absolute atomic E-state index is 0.193. The van der Waals surface area contributed by atoms with Gasteiger partial charge in [-0.2, -0.15) is 0 Å². The molecule has 3 heterocycles. The van der Waals surface area contributed by atoms with Gasteiger partial charge in [-0.1, -0.05) is 18.9 Å². The van der Waals surface area contributed by atoms with Crippen molar-refractivity contribution in [3.05, 3.63) is 50.7 Å². The first kappa shape index (κ1) is 21.2. The Hall–Kier alpha value is -2.65. The topological polar surface area (TPSA) is 96.9 Å². The number of thiazole rings is 2. The van der Waals surface area contributed by atoms with Gasteiger partial charge in [-0.3, -0.25) is 20.2 Å². The number of carbonyl (C=O) groups excluding carboxylic acids is 2. The molecule has 0 unspecified atom stereocenters. The molecule has 2 aliphatic carbocycles. The van der Waals surface area contributed by atoms with Gasteiger partial charge in [-0.15, -0.1) is 22.7 Å². The number of anilines is 2. The van der Waals surface area contributed by atoms with E-state index >= 15 is 0 Å². The molecule has 2 aliphatic rings. The molecule has 2 N–H and O–H groups in total. The van der Waals surface area contributed by atoms with E-state index in [0.717, 1.165) is 49.9 Å². The third-order valence-corrected chi connectivity index (χ3v) is 7.99. The number of nitrogens with zero attached hydrogens (tertiary/aromatic N) is 3. The van der Waals surface area contributed by atoms with Crippen molar-refractivity contribution in [2.75, 3.05) is 10.6 Å². The van der Waals surface area contributed by atoms with Gasteiger partial charge in [0, 0.05) is 9.75 Å². The third-order valence-electron chi connectivity index (χ3n) is 5.85. The maximum Gasteiger partial charge on any atom is 0.276 e. The number of hydrogen-bond donors (Lipinski definition) is 2. The first-order valence-electron chi connectivity index (χ1n) is 11.2. The fraction of sp³-hybridized carbons (Fsp3) is 0.435. The summed E-state index contributed by atoms with van der Waals surface area (Å²) in [6.07, 6.45) is 11.1. The number of amides is 2. The largest absolute Gasteiger partial charge is 0.296 e. The zero-order chi connectivity index (χ0) is 21.9. The second kappa shape index (κ2) is 9.46. The zero-order valence-corrected chi connectivity index (χ0v) is 19.4. The average Bonchev–Trinajstić information content (AvgIpc) is 3.19. The third kappa shape index (κ3) is 4.73. The van der Waals surface area contributed by atoms with Crippen LogP contribution >= 0.6 is 22.7 Å². The van der Waals surface area contributed by atoms with E-state index in [-0.39, 0.29) is 23.2 Å². The lowest BCUT2D eigenvalue weighted by molar-refractivity contribution is 0.101.